The molecule has 114 valence electrons. The van der Waals surface area contributed by atoms with Crippen LogP contribution in [0.2, 0.25) is 0 Å². The molecule has 5 nitrogen and oxygen atoms in total. The third-order valence-corrected chi connectivity index (χ3v) is 3.37. The molecule has 0 saturated carbocycles. The molecule has 0 spiro atoms. The topological polar surface area (TPSA) is 67.9 Å². The number of esters is 1. The first kappa shape index (κ1) is 15.4. The Hall–Kier alpha value is -2.04. The molecule has 0 bridgehead atoms. The van der Waals surface area contributed by atoms with E-state index in [-0.39, 0.29) is 12.1 Å². The molecule has 0 atom stereocenters. The van der Waals surface area contributed by atoms with Crippen LogP contribution in [0.4, 0.5) is 5.69 Å². The van der Waals surface area contributed by atoms with E-state index in [1.165, 1.54) is 6.42 Å². The molecule has 0 amide bonds. The maximum absolute atomic E-state index is 11.7. The first-order valence-electron chi connectivity index (χ1n) is 7.46. The molecular weight excluding hydrogens is 266 g/mol. The molecule has 2 N–H and O–H groups in total. The van der Waals surface area contributed by atoms with Crippen molar-refractivity contribution in [2.75, 3.05) is 13.1 Å². The van der Waals surface area contributed by atoms with E-state index < -0.39 is 0 Å². The van der Waals surface area contributed by atoms with Gasteiger partial charge in [-0.2, -0.15) is 0 Å². The average Bonchev–Trinajstić information content (AvgIpc) is 2.48. The Kier molecular flexibility index (Phi) is 5.20. The van der Waals surface area contributed by atoms with E-state index in [0.717, 1.165) is 31.6 Å². The molecule has 0 aliphatic carbocycles. The zero-order chi connectivity index (χ0) is 15.2. The maximum Gasteiger partial charge on any atom is 0.338 e. The first-order chi connectivity index (χ1) is 10.1. The van der Waals surface area contributed by atoms with Crippen molar-refractivity contribution in [1.82, 2.24) is 4.90 Å². The van der Waals surface area contributed by atoms with Crippen molar-refractivity contribution in [2.45, 2.75) is 39.2 Å². The highest BCUT2D eigenvalue weighted by Crippen LogP contribution is 2.16. The summed E-state index contributed by atoms with van der Waals surface area (Å²) in [4.78, 5) is 18.3. The van der Waals surface area contributed by atoms with Crippen molar-refractivity contribution in [3.63, 3.8) is 0 Å². The molecule has 1 heterocycles. The SMILES string of the molecule is CC(C)OC(=O)c1ccc(N=C(N)N2CCCCC2)cc1. The van der Waals surface area contributed by atoms with Gasteiger partial charge in [-0.3, -0.25) is 0 Å². The van der Waals surface area contributed by atoms with Gasteiger partial charge in [0.2, 0.25) is 0 Å². The van der Waals surface area contributed by atoms with E-state index >= 15 is 0 Å². The second-order valence-electron chi connectivity index (χ2n) is 5.52. The molecule has 1 fully saturated rings. The molecule has 5 heteroatoms. The van der Waals surface area contributed by atoms with Crippen LogP contribution in [-0.4, -0.2) is 36.0 Å². The number of hydrogen-bond acceptors (Lipinski definition) is 3. The van der Waals surface area contributed by atoms with Gasteiger partial charge >= 0.3 is 5.97 Å². The van der Waals surface area contributed by atoms with Gasteiger partial charge < -0.3 is 15.4 Å². The van der Waals surface area contributed by atoms with E-state index in [2.05, 4.69) is 9.89 Å². The van der Waals surface area contributed by atoms with Crippen LogP contribution >= 0.6 is 0 Å². The van der Waals surface area contributed by atoms with Crippen LogP contribution in [0.1, 0.15) is 43.5 Å². The van der Waals surface area contributed by atoms with Gasteiger partial charge in [0.1, 0.15) is 0 Å². The quantitative estimate of drug-likeness (QED) is 0.528. The zero-order valence-electron chi connectivity index (χ0n) is 12.7. The predicted molar refractivity (Wildman–Crippen MR) is 83.7 cm³/mol. The normalized spacial score (nSPS) is 16.1. The third-order valence-electron chi connectivity index (χ3n) is 3.37. The number of ether oxygens (including phenoxy) is 1. The highest BCUT2D eigenvalue weighted by molar-refractivity contribution is 5.90. The van der Waals surface area contributed by atoms with Crippen LogP contribution in [0.25, 0.3) is 0 Å². The number of aliphatic imine (C=N–C) groups is 1. The van der Waals surface area contributed by atoms with Gasteiger partial charge in [0, 0.05) is 13.1 Å². The van der Waals surface area contributed by atoms with Crippen molar-refractivity contribution in [3.05, 3.63) is 29.8 Å². The van der Waals surface area contributed by atoms with Gasteiger partial charge in [-0.15, -0.1) is 0 Å². The number of hydrogen-bond donors (Lipinski definition) is 1. The molecule has 0 unspecified atom stereocenters. The van der Waals surface area contributed by atoms with Gasteiger partial charge in [0.25, 0.3) is 0 Å². The highest BCUT2D eigenvalue weighted by Gasteiger charge is 2.12. The summed E-state index contributed by atoms with van der Waals surface area (Å²) in [6, 6.07) is 7.00. The molecule has 21 heavy (non-hydrogen) atoms. The van der Waals surface area contributed by atoms with E-state index in [4.69, 9.17) is 10.5 Å². The van der Waals surface area contributed by atoms with Crippen molar-refractivity contribution < 1.29 is 9.53 Å². The van der Waals surface area contributed by atoms with Crippen molar-refractivity contribution in [3.8, 4) is 0 Å². The average molecular weight is 289 g/mol. The monoisotopic (exact) mass is 289 g/mol. The van der Waals surface area contributed by atoms with Gasteiger partial charge in [-0.05, 0) is 57.4 Å². The van der Waals surface area contributed by atoms with Gasteiger partial charge in [0.05, 0.1) is 17.4 Å². The fourth-order valence-corrected chi connectivity index (χ4v) is 2.28. The summed E-state index contributed by atoms with van der Waals surface area (Å²) in [5, 5.41) is 0. The van der Waals surface area contributed by atoms with Gasteiger partial charge in [-0.1, -0.05) is 0 Å². The van der Waals surface area contributed by atoms with Crippen LogP contribution in [-0.2, 0) is 4.74 Å². The van der Waals surface area contributed by atoms with E-state index in [1.54, 1.807) is 24.3 Å². The summed E-state index contributed by atoms with van der Waals surface area (Å²) < 4.78 is 5.14. The number of carbonyl (C=O) groups excluding carboxylic acids is 1. The Morgan fingerprint density at radius 1 is 1.19 bits per heavy atom. The van der Waals surface area contributed by atoms with Crippen LogP contribution in [0.15, 0.2) is 29.3 Å². The molecule has 0 radical (unpaired) electrons. The third kappa shape index (κ3) is 4.48. The summed E-state index contributed by atoms with van der Waals surface area (Å²) in [5.41, 5.74) is 7.30. The summed E-state index contributed by atoms with van der Waals surface area (Å²) in [6.45, 7) is 5.59. The van der Waals surface area contributed by atoms with Gasteiger partial charge in [-0.25, -0.2) is 9.79 Å². The van der Waals surface area contributed by atoms with Gasteiger partial charge in [0.15, 0.2) is 5.96 Å². The van der Waals surface area contributed by atoms with Crippen molar-refractivity contribution in [1.29, 1.82) is 0 Å². The molecule has 1 aromatic carbocycles. The number of guanidine groups is 1. The van der Waals surface area contributed by atoms with Crippen LogP contribution in [0.5, 0.6) is 0 Å². The lowest BCUT2D eigenvalue weighted by Gasteiger charge is -2.27. The number of piperidine rings is 1. The Labute approximate surface area is 125 Å². The molecule has 2 rings (SSSR count). The molecule has 1 aromatic rings. The van der Waals surface area contributed by atoms with Crippen LogP contribution in [0.3, 0.4) is 0 Å². The number of nitrogens with zero attached hydrogens (tertiary/aromatic N) is 2. The molecule has 1 saturated heterocycles. The Morgan fingerprint density at radius 3 is 2.38 bits per heavy atom. The number of carbonyl (C=O) groups is 1. The Morgan fingerprint density at radius 2 is 1.81 bits per heavy atom. The summed E-state index contributed by atoms with van der Waals surface area (Å²) >= 11 is 0. The van der Waals surface area contributed by atoms with Crippen LogP contribution < -0.4 is 5.73 Å². The minimum atomic E-state index is -0.315. The molecular formula is C16H23N3O2. The van der Waals surface area contributed by atoms with E-state index in [0.29, 0.717) is 11.5 Å². The lowest BCUT2D eigenvalue weighted by atomic mass is 10.1. The number of rotatable bonds is 3. The lowest BCUT2D eigenvalue weighted by Crippen LogP contribution is -2.40. The summed E-state index contributed by atoms with van der Waals surface area (Å²) in [7, 11) is 0. The number of benzene rings is 1. The highest BCUT2D eigenvalue weighted by atomic mass is 16.5. The summed E-state index contributed by atoms with van der Waals surface area (Å²) in [6.07, 6.45) is 3.47. The second kappa shape index (κ2) is 7.11. The van der Waals surface area contributed by atoms with E-state index in [9.17, 15) is 4.79 Å². The molecule has 0 aromatic heterocycles. The van der Waals surface area contributed by atoms with Crippen molar-refractivity contribution in [2.24, 2.45) is 10.7 Å². The Bertz CT molecular complexity index is 503. The first-order valence-corrected chi connectivity index (χ1v) is 7.46. The standard InChI is InChI=1S/C16H23N3O2/c1-12(2)21-15(20)13-6-8-14(9-7-13)18-16(17)19-10-4-3-5-11-19/h6-9,12H,3-5,10-11H2,1-2H3,(H2,17,18). The number of likely N-dealkylation sites (tertiary alicyclic amines) is 1. The number of nitrogens with two attached hydrogens (primary N) is 1. The Balaban J connectivity index is 2.02. The summed E-state index contributed by atoms with van der Waals surface area (Å²) in [5.74, 6) is 0.233. The lowest BCUT2D eigenvalue weighted by molar-refractivity contribution is 0.0378. The second-order valence-corrected chi connectivity index (χ2v) is 5.52. The minimum Gasteiger partial charge on any atom is -0.459 e. The fraction of sp³-hybridized carbons (Fsp3) is 0.500. The maximum atomic E-state index is 11.7. The largest absolute Gasteiger partial charge is 0.459 e. The van der Waals surface area contributed by atoms with Crippen LogP contribution in [0, 0.1) is 0 Å². The van der Waals surface area contributed by atoms with Crippen molar-refractivity contribution >= 4 is 17.6 Å². The molecule has 1 aliphatic rings. The smallest absolute Gasteiger partial charge is 0.338 e. The molecule has 1 aliphatic heterocycles. The zero-order valence-corrected chi connectivity index (χ0v) is 12.7. The van der Waals surface area contributed by atoms with E-state index in [1.807, 2.05) is 13.8 Å². The predicted octanol–water partition coefficient (Wildman–Crippen LogP) is 2.68. The fourth-order valence-electron chi connectivity index (χ4n) is 2.28. The minimum absolute atomic E-state index is 0.120.